The number of carboxylic acids is 1. The van der Waals surface area contributed by atoms with Gasteiger partial charge in [-0.15, -0.1) is 0 Å². The molecule has 0 bridgehead atoms. The molecule has 0 unspecified atom stereocenters. The van der Waals surface area contributed by atoms with Gasteiger partial charge < -0.3 is 9.84 Å². The van der Waals surface area contributed by atoms with E-state index in [2.05, 4.69) is 0 Å². The first kappa shape index (κ1) is 7.86. The van der Waals surface area contributed by atoms with Gasteiger partial charge in [-0.1, -0.05) is 18.2 Å². The van der Waals surface area contributed by atoms with Crippen LogP contribution in [0.2, 0.25) is 0 Å². The van der Waals surface area contributed by atoms with Crippen LogP contribution in [0.25, 0.3) is 6.08 Å². The minimum Gasteiger partial charge on any atom is -0.488 e. The molecule has 0 aliphatic carbocycles. The Morgan fingerprint density at radius 3 is 2.92 bits per heavy atom. The van der Waals surface area contributed by atoms with Gasteiger partial charge in [-0.2, -0.15) is 0 Å². The summed E-state index contributed by atoms with van der Waals surface area (Å²) in [5.41, 5.74) is 1.12. The molecule has 1 heterocycles. The van der Waals surface area contributed by atoms with Crippen LogP contribution < -0.4 is 4.74 Å². The van der Waals surface area contributed by atoms with Crippen molar-refractivity contribution in [1.82, 2.24) is 0 Å². The van der Waals surface area contributed by atoms with E-state index in [1.807, 2.05) is 24.3 Å². The number of benzene rings is 1. The lowest BCUT2D eigenvalue weighted by Crippen LogP contribution is -2.13. The number of ether oxygens (including phenoxy) is 1. The third-order valence-electron chi connectivity index (χ3n) is 1.91. The van der Waals surface area contributed by atoms with Crippen LogP contribution in [-0.2, 0) is 4.79 Å². The summed E-state index contributed by atoms with van der Waals surface area (Å²) < 4.78 is 5.25. The van der Waals surface area contributed by atoms with Gasteiger partial charge in [0.05, 0.1) is 5.57 Å². The lowest BCUT2D eigenvalue weighted by atomic mass is 10.1. The summed E-state index contributed by atoms with van der Waals surface area (Å²) in [4.78, 5) is 10.6. The number of hydrogen-bond donors (Lipinski definition) is 1. The highest BCUT2D eigenvalue weighted by Crippen LogP contribution is 2.25. The van der Waals surface area contributed by atoms with Crippen LogP contribution in [0, 0.1) is 0 Å². The van der Waals surface area contributed by atoms with E-state index in [1.165, 1.54) is 0 Å². The summed E-state index contributed by atoms with van der Waals surface area (Å²) in [5.74, 6) is -0.179. The highest BCUT2D eigenvalue weighted by molar-refractivity contribution is 5.93. The minimum absolute atomic E-state index is 0.145. The van der Waals surface area contributed by atoms with Gasteiger partial charge in [-0.25, -0.2) is 4.79 Å². The summed E-state index contributed by atoms with van der Waals surface area (Å²) in [6, 6.07) is 7.36. The van der Waals surface area contributed by atoms with E-state index in [4.69, 9.17) is 9.84 Å². The number of aliphatic carboxylic acids is 1. The number of rotatable bonds is 1. The van der Waals surface area contributed by atoms with E-state index in [0.29, 0.717) is 5.57 Å². The molecule has 0 atom stereocenters. The SMILES string of the molecule is O=C(O)C1=Cc2ccccc2OC1. The first-order chi connectivity index (χ1) is 6.27. The molecule has 66 valence electrons. The Hall–Kier alpha value is -1.77. The van der Waals surface area contributed by atoms with E-state index in [-0.39, 0.29) is 6.61 Å². The van der Waals surface area contributed by atoms with E-state index in [9.17, 15) is 4.79 Å². The fourth-order valence-electron chi connectivity index (χ4n) is 1.24. The molecule has 0 saturated carbocycles. The Bertz CT molecular complexity index is 380. The number of carboxylic acid groups (broad SMARTS) is 1. The van der Waals surface area contributed by atoms with Crippen molar-refractivity contribution in [2.45, 2.75) is 0 Å². The topological polar surface area (TPSA) is 46.5 Å². The Morgan fingerprint density at radius 1 is 1.38 bits per heavy atom. The van der Waals surface area contributed by atoms with Crippen LogP contribution in [0.4, 0.5) is 0 Å². The van der Waals surface area contributed by atoms with Gasteiger partial charge in [0.2, 0.25) is 0 Å². The molecule has 0 fully saturated rings. The Morgan fingerprint density at radius 2 is 2.15 bits per heavy atom. The number of carbonyl (C=O) groups is 1. The first-order valence-electron chi connectivity index (χ1n) is 3.93. The van der Waals surface area contributed by atoms with Crippen molar-refractivity contribution in [3.8, 4) is 5.75 Å². The van der Waals surface area contributed by atoms with Crippen molar-refractivity contribution in [2.24, 2.45) is 0 Å². The summed E-state index contributed by atoms with van der Waals surface area (Å²) in [5, 5.41) is 8.72. The lowest BCUT2D eigenvalue weighted by Gasteiger charge is -2.14. The molecule has 2 rings (SSSR count). The summed E-state index contributed by atoms with van der Waals surface area (Å²) in [6.45, 7) is 0.145. The number of fused-ring (bicyclic) bond motifs is 1. The van der Waals surface area contributed by atoms with Crippen molar-refractivity contribution in [1.29, 1.82) is 0 Å². The fraction of sp³-hybridized carbons (Fsp3) is 0.100. The van der Waals surface area contributed by atoms with Crippen LogP contribution in [0.5, 0.6) is 5.75 Å². The van der Waals surface area contributed by atoms with E-state index in [1.54, 1.807) is 6.08 Å². The second kappa shape index (κ2) is 2.94. The predicted octanol–water partition coefficient (Wildman–Crippen LogP) is 1.55. The van der Waals surface area contributed by atoms with E-state index in [0.717, 1.165) is 11.3 Å². The molecule has 1 N–H and O–H groups in total. The largest absolute Gasteiger partial charge is 0.488 e. The van der Waals surface area contributed by atoms with E-state index >= 15 is 0 Å². The molecule has 3 nitrogen and oxygen atoms in total. The third-order valence-corrected chi connectivity index (χ3v) is 1.91. The van der Waals surface area contributed by atoms with Crippen LogP contribution in [0.15, 0.2) is 29.8 Å². The molecule has 1 aliphatic heterocycles. The van der Waals surface area contributed by atoms with Crippen molar-refractivity contribution in [2.75, 3.05) is 6.61 Å². The molecule has 0 spiro atoms. The number of hydrogen-bond acceptors (Lipinski definition) is 2. The summed E-state index contributed by atoms with van der Waals surface area (Å²) in [7, 11) is 0. The lowest BCUT2D eigenvalue weighted by molar-refractivity contribution is -0.132. The molecule has 0 radical (unpaired) electrons. The van der Waals surface area contributed by atoms with Crippen molar-refractivity contribution in [3.05, 3.63) is 35.4 Å². The zero-order valence-corrected chi connectivity index (χ0v) is 6.86. The Balaban J connectivity index is 2.44. The van der Waals surface area contributed by atoms with Crippen LogP contribution >= 0.6 is 0 Å². The highest BCUT2D eigenvalue weighted by atomic mass is 16.5. The van der Waals surface area contributed by atoms with Gasteiger partial charge in [0.25, 0.3) is 0 Å². The van der Waals surface area contributed by atoms with Gasteiger partial charge in [0.1, 0.15) is 12.4 Å². The second-order valence-electron chi connectivity index (χ2n) is 2.80. The van der Waals surface area contributed by atoms with Gasteiger partial charge in [0, 0.05) is 5.56 Å². The normalized spacial score (nSPS) is 14.0. The fourth-order valence-corrected chi connectivity index (χ4v) is 1.24. The molecule has 1 aliphatic rings. The summed E-state index contributed by atoms with van der Waals surface area (Å²) >= 11 is 0. The van der Waals surface area contributed by atoms with Gasteiger partial charge in [-0.3, -0.25) is 0 Å². The van der Waals surface area contributed by atoms with Crippen LogP contribution in [-0.4, -0.2) is 17.7 Å². The molecule has 0 amide bonds. The molecule has 0 saturated heterocycles. The monoisotopic (exact) mass is 176 g/mol. The zero-order valence-electron chi connectivity index (χ0n) is 6.86. The zero-order chi connectivity index (χ0) is 9.26. The van der Waals surface area contributed by atoms with Crippen LogP contribution in [0.1, 0.15) is 5.56 Å². The quantitative estimate of drug-likeness (QED) is 0.706. The number of para-hydroxylation sites is 1. The third kappa shape index (κ3) is 1.40. The van der Waals surface area contributed by atoms with Crippen LogP contribution in [0.3, 0.4) is 0 Å². The minimum atomic E-state index is -0.922. The molecule has 13 heavy (non-hydrogen) atoms. The molecule has 0 aromatic heterocycles. The second-order valence-corrected chi connectivity index (χ2v) is 2.80. The maximum atomic E-state index is 10.6. The maximum absolute atomic E-state index is 10.6. The average molecular weight is 176 g/mol. The molecular weight excluding hydrogens is 168 g/mol. The highest BCUT2D eigenvalue weighted by Gasteiger charge is 2.15. The molecular formula is C10H8O3. The average Bonchev–Trinajstić information content (AvgIpc) is 2.17. The Labute approximate surface area is 75.3 Å². The first-order valence-corrected chi connectivity index (χ1v) is 3.93. The van der Waals surface area contributed by atoms with Crippen molar-refractivity contribution < 1.29 is 14.6 Å². The molecule has 1 aromatic rings. The van der Waals surface area contributed by atoms with Gasteiger partial charge >= 0.3 is 5.97 Å². The van der Waals surface area contributed by atoms with Gasteiger partial charge in [-0.05, 0) is 12.1 Å². The van der Waals surface area contributed by atoms with Crippen molar-refractivity contribution >= 4 is 12.0 Å². The smallest absolute Gasteiger partial charge is 0.335 e. The summed E-state index contributed by atoms with van der Waals surface area (Å²) in [6.07, 6.45) is 1.64. The van der Waals surface area contributed by atoms with Gasteiger partial charge in [0.15, 0.2) is 0 Å². The van der Waals surface area contributed by atoms with Crippen molar-refractivity contribution in [3.63, 3.8) is 0 Å². The maximum Gasteiger partial charge on any atom is 0.335 e. The molecule has 1 aromatic carbocycles. The standard InChI is InChI=1S/C10H8O3/c11-10(12)8-5-7-3-1-2-4-9(7)13-6-8/h1-5H,6H2,(H,11,12). The molecule has 3 heteroatoms. The van der Waals surface area contributed by atoms with E-state index < -0.39 is 5.97 Å². The Kier molecular flexibility index (Phi) is 1.77. The predicted molar refractivity (Wildman–Crippen MR) is 47.5 cm³/mol.